The number of carbonyl (C=O) groups is 2. The number of hydrogen-bond donors (Lipinski definition) is 1. The van der Waals surface area contributed by atoms with Gasteiger partial charge in [0.25, 0.3) is 11.7 Å². The first-order valence-corrected chi connectivity index (χ1v) is 11.8. The molecule has 1 aliphatic rings. The van der Waals surface area contributed by atoms with Crippen LogP contribution in [0.4, 0.5) is 5.69 Å². The molecule has 0 saturated carbocycles. The Kier molecular flexibility index (Phi) is 6.48. The summed E-state index contributed by atoms with van der Waals surface area (Å²) in [6.07, 6.45) is 0. The molecule has 7 heteroatoms. The van der Waals surface area contributed by atoms with Crippen molar-refractivity contribution in [1.29, 1.82) is 0 Å². The Morgan fingerprint density at radius 3 is 2.29 bits per heavy atom. The fourth-order valence-corrected chi connectivity index (χ4v) is 5.27. The van der Waals surface area contributed by atoms with Gasteiger partial charge < -0.3 is 14.6 Å². The molecule has 0 radical (unpaired) electrons. The van der Waals surface area contributed by atoms with E-state index in [-0.39, 0.29) is 17.3 Å². The Balaban J connectivity index is 1.92. The number of amides is 1. The number of rotatable bonds is 6. The second kappa shape index (κ2) is 9.35. The quantitative estimate of drug-likeness (QED) is 0.275. The van der Waals surface area contributed by atoms with E-state index < -0.39 is 17.7 Å². The van der Waals surface area contributed by atoms with Crippen molar-refractivity contribution in [2.75, 3.05) is 19.1 Å². The monoisotopic (exact) mass is 477 g/mol. The number of aliphatic hydroxyl groups excluding tert-OH is 1. The normalized spacial score (nSPS) is 17.5. The van der Waals surface area contributed by atoms with Crippen molar-refractivity contribution in [3.8, 4) is 11.5 Å². The van der Waals surface area contributed by atoms with Crippen LogP contribution in [0.3, 0.4) is 0 Å². The summed E-state index contributed by atoms with van der Waals surface area (Å²) in [5.41, 5.74) is 2.94. The highest BCUT2D eigenvalue weighted by atomic mass is 32.1. The summed E-state index contributed by atoms with van der Waals surface area (Å²) in [7, 11) is 3.16. The first-order chi connectivity index (χ1) is 16.3. The number of carbonyl (C=O) groups excluding carboxylic acids is 2. The number of benzene rings is 2. The number of hydrogen-bond acceptors (Lipinski definition) is 6. The molecule has 6 nitrogen and oxygen atoms in total. The molecule has 0 spiro atoms. The third-order valence-electron chi connectivity index (χ3n) is 6.07. The highest BCUT2D eigenvalue weighted by molar-refractivity contribution is 7.10. The second-order valence-electron chi connectivity index (χ2n) is 8.45. The van der Waals surface area contributed by atoms with E-state index in [1.165, 1.54) is 16.2 Å². The van der Waals surface area contributed by atoms with E-state index in [0.717, 1.165) is 16.0 Å². The van der Waals surface area contributed by atoms with Crippen molar-refractivity contribution in [3.05, 3.63) is 81.1 Å². The molecule has 4 rings (SSSR count). The van der Waals surface area contributed by atoms with Crippen LogP contribution in [0.15, 0.2) is 59.5 Å². The van der Waals surface area contributed by atoms with E-state index in [1.807, 2.05) is 38.3 Å². The van der Waals surface area contributed by atoms with Gasteiger partial charge in [0.15, 0.2) is 0 Å². The van der Waals surface area contributed by atoms with Crippen LogP contribution in [0.2, 0.25) is 0 Å². The number of ketones is 1. The molecule has 2 aromatic carbocycles. The van der Waals surface area contributed by atoms with Crippen molar-refractivity contribution < 1.29 is 24.2 Å². The van der Waals surface area contributed by atoms with Crippen LogP contribution in [0, 0.1) is 6.92 Å². The first-order valence-electron chi connectivity index (χ1n) is 11.0. The van der Waals surface area contributed by atoms with E-state index in [1.54, 1.807) is 50.6 Å². The van der Waals surface area contributed by atoms with Crippen LogP contribution in [-0.4, -0.2) is 31.0 Å². The SMILES string of the molecule is COc1ccc(N2C(=O)C(=O)/C(=C(\O)c3ccc(OC)c(C(C)C)c3)C2c2sccc2C)cc1. The Hall–Kier alpha value is -3.58. The third kappa shape index (κ3) is 3.96. The van der Waals surface area contributed by atoms with Gasteiger partial charge >= 0.3 is 0 Å². The Labute approximate surface area is 203 Å². The number of Topliss-reactive ketones (excluding diaryl/α,β-unsaturated/α-hetero) is 1. The molecular weight excluding hydrogens is 450 g/mol. The van der Waals surface area contributed by atoms with Crippen LogP contribution >= 0.6 is 11.3 Å². The average molecular weight is 478 g/mol. The predicted octanol–water partition coefficient (Wildman–Crippen LogP) is 5.82. The maximum absolute atomic E-state index is 13.3. The van der Waals surface area contributed by atoms with Crippen molar-refractivity contribution in [1.82, 2.24) is 0 Å². The molecule has 1 aliphatic heterocycles. The van der Waals surface area contributed by atoms with E-state index in [2.05, 4.69) is 0 Å². The first kappa shape index (κ1) is 23.6. The highest BCUT2D eigenvalue weighted by Crippen LogP contribution is 2.45. The minimum Gasteiger partial charge on any atom is -0.507 e. The molecule has 1 atom stereocenters. The van der Waals surface area contributed by atoms with E-state index in [9.17, 15) is 14.7 Å². The van der Waals surface area contributed by atoms with Gasteiger partial charge in [-0.15, -0.1) is 11.3 Å². The lowest BCUT2D eigenvalue weighted by atomic mass is 9.94. The summed E-state index contributed by atoms with van der Waals surface area (Å²) in [5.74, 6) is -0.105. The lowest BCUT2D eigenvalue weighted by Gasteiger charge is -2.25. The zero-order valence-electron chi connectivity index (χ0n) is 19.8. The fraction of sp³-hybridized carbons (Fsp3) is 0.259. The molecule has 0 bridgehead atoms. The van der Waals surface area contributed by atoms with Crippen molar-refractivity contribution in [2.24, 2.45) is 0 Å². The van der Waals surface area contributed by atoms with Crippen molar-refractivity contribution in [3.63, 3.8) is 0 Å². The number of aliphatic hydroxyl groups is 1. The number of anilines is 1. The molecule has 1 N–H and O–H groups in total. The standard InChI is InChI=1S/C27H27NO5S/c1-15(2)20-14-17(6-11-21(20)33-5)24(29)22-23(26-16(3)12-13-34-26)28(27(31)25(22)30)18-7-9-19(32-4)10-8-18/h6-15,23,29H,1-5H3/b24-22-. The van der Waals surface area contributed by atoms with Crippen molar-refractivity contribution in [2.45, 2.75) is 32.7 Å². The Morgan fingerprint density at radius 1 is 1.03 bits per heavy atom. The van der Waals surface area contributed by atoms with Crippen LogP contribution in [0.5, 0.6) is 11.5 Å². The number of aryl methyl sites for hydroxylation is 1. The summed E-state index contributed by atoms with van der Waals surface area (Å²) in [6.45, 7) is 5.99. The molecule has 1 fully saturated rings. The molecule has 0 aliphatic carbocycles. The van der Waals surface area contributed by atoms with Crippen LogP contribution in [0.1, 0.15) is 47.4 Å². The van der Waals surface area contributed by atoms with Gasteiger partial charge in [0.1, 0.15) is 23.3 Å². The van der Waals surface area contributed by atoms with Gasteiger partial charge in [-0.25, -0.2) is 0 Å². The summed E-state index contributed by atoms with van der Waals surface area (Å²) in [4.78, 5) is 28.9. The van der Waals surface area contributed by atoms with E-state index >= 15 is 0 Å². The topological polar surface area (TPSA) is 76.1 Å². The maximum atomic E-state index is 13.3. The van der Waals surface area contributed by atoms with Crippen LogP contribution in [0.25, 0.3) is 5.76 Å². The molecule has 1 unspecified atom stereocenters. The second-order valence-corrected chi connectivity index (χ2v) is 9.39. The van der Waals surface area contributed by atoms with Gasteiger partial charge in [-0.3, -0.25) is 14.5 Å². The number of nitrogens with zero attached hydrogens (tertiary/aromatic N) is 1. The fourth-order valence-electron chi connectivity index (χ4n) is 4.24. The minimum atomic E-state index is -0.738. The molecule has 2 heterocycles. The maximum Gasteiger partial charge on any atom is 0.300 e. The number of methoxy groups -OCH3 is 2. The van der Waals surface area contributed by atoms with Gasteiger partial charge in [-0.2, -0.15) is 0 Å². The summed E-state index contributed by atoms with van der Waals surface area (Å²) < 4.78 is 10.7. The van der Waals surface area contributed by atoms with Gasteiger partial charge in [0.2, 0.25) is 0 Å². The third-order valence-corrected chi connectivity index (χ3v) is 7.14. The van der Waals surface area contributed by atoms with Crippen LogP contribution in [-0.2, 0) is 9.59 Å². The smallest absolute Gasteiger partial charge is 0.300 e. The summed E-state index contributed by atoms with van der Waals surface area (Å²) in [5, 5.41) is 13.3. The summed E-state index contributed by atoms with van der Waals surface area (Å²) in [6, 6.07) is 13.5. The lowest BCUT2D eigenvalue weighted by molar-refractivity contribution is -0.132. The zero-order chi connectivity index (χ0) is 24.6. The highest BCUT2D eigenvalue weighted by Gasteiger charge is 2.48. The van der Waals surface area contributed by atoms with E-state index in [0.29, 0.717) is 22.7 Å². The Bertz CT molecular complexity index is 1270. The molecule has 1 amide bonds. The van der Waals surface area contributed by atoms with Crippen molar-refractivity contribution >= 4 is 34.5 Å². The predicted molar refractivity (Wildman–Crippen MR) is 134 cm³/mol. The molecular formula is C27H27NO5S. The molecule has 176 valence electrons. The molecule has 1 aromatic heterocycles. The average Bonchev–Trinajstić information content (AvgIpc) is 3.38. The van der Waals surface area contributed by atoms with Gasteiger partial charge in [0, 0.05) is 16.1 Å². The minimum absolute atomic E-state index is 0.0752. The zero-order valence-corrected chi connectivity index (χ0v) is 20.6. The van der Waals surface area contributed by atoms with E-state index in [4.69, 9.17) is 9.47 Å². The largest absolute Gasteiger partial charge is 0.507 e. The van der Waals surface area contributed by atoms with Gasteiger partial charge in [-0.1, -0.05) is 13.8 Å². The summed E-state index contributed by atoms with van der Waals surface area (Å²) >= 11 is 1.45. The Morgan fingerprint density at radius 2 is 1.74 bits per heavy atom. The van der Waals surface area contributed by atoms with Gasteiger partial charge in [0.05, 0.1) is 19.8 Å². The molecule has 3 aromatic rings. The lowest BCUT2D eigenvalue weighted by Crippen LogP contribution is -2.29. The van der Waals surface area contributed by atoms with Crippen LogP contribution < -0.4 is 14.4 Å². The van der Waals surface area contributed by atoms with Gasteiger partial charge in [-0.05, 0) is 77.9 Å². The number of ether oxygens (including phenoxy) is 2. The molecule has 1 saturated heterocycles. The number of thiophene rings is 1. The molecule has 34 heavy (non-hydrogen) atoms.